The Morgan fingerprint density at radius 1 is 1.41 bits per heavy atom. The van der Waals surface area contributed by atoms with Gasteiger partial charge in [0.1, 0.15) is 11.5 Å². The highest BCUT2D eigenvalue weighted by atomic mass is 79.9. The van der Waals surface area contributed by atoms with Crippen LogP contribution in [0.2, 0.25) is 0 Å². The van der Waals surface area contributed by atoms with Crippen molar-refractivity contribution in [3.63, 3.8) is 0 Å². The first-order valence-electron chi connectivity index (χ1n) is 6.64. The van der Waals surface area contributed by atoms with Crippen LogP contribution in [-0.4, -0.2) is 17.6 Å². The van der Waals surface area contributed by atoms with Gasteiger partial charge in [0.2, 0.25) is 0 Å². The van der Waals surface area contributed by atoms with Crippen LogP contribution in [0.4, 0.5) is 0 Å². The van der Waals surface area contributed by atoms with E-state index >= 15 is 0 Å². The molecule has 1 heterocycles. The predicted molar refractivity (Wildman–Crippen MR) is 90.9 cm³/mol. The molecule has 7 heteroatoms. The maximum Gasteiger partial charge on any atom is 0.257 e. The van der Waals surface area contributed by atoms with Crippen molar-refractivity contribution in [2.24, 2.45) is 0 Å². The number of benzene rings is 1. The number of thiocarbonyl (C=S) groups is 1. The summed E-state index contributed by atoms with van der Waals surface area (Å²) >= 11 is 8.46. The molecule has 22 heavy (non-hydrogen) atoms. The lowest BCUT2D eigenvalue weighted by Gasteiger charge is -2.10. The van der Waals surface area contributed by atoms with E-state index in [4.69, 9.17) is 21.4 Å². The SMILES string of the molecule is CCOc1ccc(C(=O)NC(=S)NCc2ccco2)cc1Br. The Balaban J connectivity index is 1.91. The molecule has 0 aliphatic heterocycles. The Kier molecular flexibility index (Phi) is 5.97. The van der Waals surface area contributed by atoms with E-state index in [1.54, 1.807) is 30.5 Å². The second-order valence-corrected chi connectivity index (χ2v) is 5.56. The van der Waals surface area contributed by atoms with E-state index in [1.807, 2.05) is 13.0 Å². The largest absolute Gasteiger partial charge is 0.493 e. The lowest BCUT2D eigenvalue weighted by Crippen LogP contribution is -2.38. The van der Waals surface area contributed by atoms with Crippen molar-refractivity contribution < 1.29 is 13.9 Å². The molecule has 0 bridgehead atoms. The Labute approximate surface area is 142 Å². The zero-order chi connectivity index (χ0) is 15.9. The molecule has 0 saturated heterocycles. The fourth-order valence-electron chi connectivity index (χ4n) is 1.71. The Morgan fingerprint density at radius 2 is 2.23 bits per heavy atom. The topological polar surface area (TPSA) is 63.5 Å². The molecule has 0 spiro atoms. The van der Waals surface area contributed by atoms with Crippen LogP contribution >= 0.6 is 28.1 Å². The van der Waals surface area contributed by atoms with Crippen LogP contribution < -0.4 is 15.4 Å². The third-order valence-electron chi connectivity index (χ3n) is 2.72. The molecule has 5 nitrogen and oxygen atoms in total. The Bertz CT molecular complexity index is 659. The van der Waals surface area contributed by atoms with Crippen LogP contribution in [0.5, 0.6) is 5.75 Å². The van der Waals surface area contributed by atoms with Gasteiger partial charge in [0.15, 0.2) is 5.11 Å². The lowest BCUT2D eigenvalue weighted by atomic mass is 10.2. The summed E-state index contributed by atoms with van der Waals surface area (Å²) < 4.78 is 11.3. The van der Waals surface area contributed by atoms with Gasteiger partial charge in [-0.1, -0.05) is 0 Å². The second-order valence-electron chi connectivity index (χ2n) is 4.29. The van der Waals surface area contributed by atoms with Gasteiger partial charge in [-0.3, -0.25) is 10.1 Å². The number of hydrogen-bond acceptors (Lipinski definition) is 4. The highest BCUT2D eigenvalue weighted by molar-refractivity contribution is 9.10. The molecule has 2 rings (SSSR count). The maximum absolute atomic E-state index is 12.1. The minimum Gasteiger partial charge on any atom is -0.493 e. The van der Waals surface area contributed by atoms with E-state index in [0.29, 0.717) is 24.5 Å². The van der Waals surface area contributed by atoms with Crippen LogP contribution in [0.3, 0.4) is 0 Å². The van der Waals surface area contributed by atoms with Gasteiger partial charge in [0.05, 0.1) is 23.9 Å². The van der Waals surface area contributed by atoms with E-state index < -0.39 is 0 Å². The molecule has 0 fully saturated rings. The fourth-order valence-corrected chi connectivity index (χ4v) is 2.37. The first kappa shape index (κ1) is 16.5. The molecule has 1 aromatic heterocycles. The van der Waals surface area contributed by atoms with Gasteiger partial charge in [-0.05, 0) is 65.4 Å². The number of rotatable bonds is 5. The summed E-state index contributed by atoms with van der Waals surface area (Å²) in [7, 11) is 0. The molecule has 0 atom stereocenters. The minimum atomic E-state index is -0.291. The first-order chi connectivity index (χ1) is 10.6. The molecular weight excluding hydrogens is 368 g/mol. The molecule has 116 valence electrons. The molecule has 1 amide bonds. The summed E-state index contributed by atoms with van der Waals surface area (Å²) in [5, 5.41) is 5.76. The summed E-state index contributed by atoms with van der Waals surface area (Å²) in [6.07, 6.45) is 1.58. The fraction of sp³-hybridized carbons (Fsp3) is 0.200. The van der Waals surface area contributed by atoms with Crippen LogP contribution in [-0.2, 0) is 6.54 Å². The maximum atomic E-state index is 12.1. The number of amides is 1. The quantitative estimate of drug-likeness (QED) is 0.777. The van der Waals surface area contributed by atoms with Crippen LogP contribution in [0.25, 0.3) is 0 Å². The highest BCUT2D eigenvalue weighted by Gasteiger charge is 2.10. The molecule has 0 saturated carbocycles. The second kappa shape index (κ2) is 7.95. The normalized spacial score (nSPS) is 10.1. The van der Waals surface area contributed by atoms with Gasteiger partial charge in [0.25, 0.3) is 5.91 Å². The lowest BCUT2D eigenvalue weighted by molar-refractivity contribution is 0.0976. The number of hydrogen-bond donors (Lipinski definition) is 2. The van der Waals surface area contributed by atoms with Crippen LogP contribution in [0.1, 0.15) is 23.0 Å². The van der Waals surface area contributed by atoms with Gasteiger partial charge < -0.3 is 14.5 Å². The number of carbonyl (C=O) groups is 1. The van der Waals surface area contributed by atoms with Gasteiger partial charge in [-0.25, -0.2) is 0 Å². The molecule has 0 aliphatic carbocycles. The monoisotopic (exact) mass is 382 g/mol. The van der Waals surface area contributed by atoms with Crippen LogP contribution in [0.15, 0.2) is 45.5 Å². The van der Waals surface area contributed by atoms with Gasteiger partial charge in [0, 0.05) is 5.56 Å². The van der Waals surface area contributed by atoms with Crippen molar-refractivity contribution >= 4 is 39.2 Å². The van der Waals surface area contributed by atoms with Crippen molar-refractivity contribution in [1.82, 2.24) is 10.6 Å². The molecule has 2 aromatic rings. The Hall–Kier alpha value is -1.86. The minimum absolute atomic E-state index is 0.242. The third kappa shape index (κ3) is 4.57. The van der Waals surface area contributed by atoms with E-state index in [-0.39, 0.29) is 11.0 Å². The number of carbonyl (C=O) groups excluding carboxylic acids is 1. The molecule has 1 aromatic carbocycles. The van der Waals surface area contributed by atoms with Gasteiger partial charge >= 0.3 is 0 Å². The number of halogens is 1. The summed E-state index contributed by atoms with van der Waals surface area (Å²) in [4.78, 5) is 12.1. The number of furan rings is 1. The smallest absolute Gasteiger partial charge is 0.257 e. The van der Waals surface area contributed by atoms with E-state index in [2.05, 4.69) is 26.6 Å². The zero-order valence-electron chi connectivity index (χ0n) is 11.9. The summed E-state index contributed by atoms with van der Waals surface area (Å²) in [5.74, 6) is 1.14. The molecule has 2 N–H and O–H groups in total. The average Bonchev–Trinajstić information content (AvgIpc) is 3.00. The van der Waals surface area contributed by atoms with Crippen molar-refractivity contribution in [2.45, 2.75) is 13.5 Å². The summed E-state index contributed by atoms with van der Waals surface area (Å²) in [5.41, 5.74) is 0.484. The number of ether oxygens (including phenoxy) is 1. The van der Waals surface area contributed by atoms with E-state index in [9.17, 15) is 4.79 Å². The number of nitrogens with one attached hydrogen (secondary N) is 2. The van der Waals surface area contributed by atoms with E-state index in [1.165, 1.54) is 0 Å². The summed E-state index contributed by atoms with van der Waals surface area (Å²) in [6, 6.07) is 8.72. The third-order valence-corrected chi connectivity index (χ3v) is 3.59. The van der Waals surface area contributed by atoms with Gasteiger partial charge in [-0.2, -0.15) is 0 Å². The van der Waals surface area contributed by atoms with Crippen LogP contribution in [0, 0.1) is 0 Å². The molecule has 0 unspecified atom stereocenters. The molecule has 0 radical (unpaired) electrons. The van der Waals surface area contributed by atoms with Crippen molar-refractivity contribution in [3.05, 3.63) is 52.4 Å². The summed E-state index contributed by atoms with van der Waals surface area (Å²) in [6.45, 7) is 2.88. The standard InChI is InChI=1S/C15H15BrN2O3S/c1-2-20-13-6-5-10(8-12(13)16)14(19)18-15(22)17-9-11-4-3-7-21-11/h3-8H,2,9H2,1H3,(H2,17,18,19,22). The van der Waals surface area contributed by atoms with Gasteiger partial charge in [-0.15, -0.1) is 0 Å². The van der Waals surface area contributed by atoms with Crippen molar-refractivity contribution in [1.29, 1.82) is 0 Å². The zero-order valence-corrected chi connectivity index (χ0v) is 14.3. The van der Waals surface area contributed by atoms with E-state index in [0.717, 1.165) is 10.2 Å². The Morgan fingerprint density at radius 3 is 2.86 bits per heavy atom. The van der Waals surface area contributed by atoms with Crippen molar-refractivity contribution in [3.8, 4) is 5.75 Å². The first-order valence-corrected chi connectivity index (χ1v) is 7.84. The average molecular weight is 383 g/mol. The molecular formula is C15H15BrN2O3S. The predicted octanol–water partition coefficient (Wildman–Crippen LogP) is 3.25. The highest BCUT2D eigenvalue weighted by Crippen LogP contribution is 2.25. The van der Waals surface area contributed by atoms with Crippen molar-refractivity contribution in [2.75, 3.05) is 6.61 Å². The molecule has 0 aliphatic rings.